The third kappa shape index (κ3) is 5.73. The number of nitrogens with zero attached hydrogens (tertiary/aromatic N) is 2. The summed E-state index contributed by atoms with van der Waals surface area (Å²) in [6, 6.07) is 15.6. The summed E-state index contributed by atoms with van der Waals surface area (Å²) in [5.41, 5.74) is 3.60. The number of hydrogen-bond donors (Lipinski definition) is 1. The lowest BCUT2D eigenvalue weighted by atomic mass is 10.1. The third-order valence-electron chi connectivity index (χ3n) is 5.42. The molecule has 166 valence electrons. The average Bonchev–Trinajstić information content (AvgIpc) is 3.56. The van der Waals surface area contributed by atoms with Gasteiger partial charge in [0.2, 0.25) is 5.91 Å². The highest BCUT2D eigenvalue weighted by molar-refractivity contribution is 7.09. The van der Waals surface area contributed by atoms with Crippen LogP contribution in [-0.4, -0.2) is 34.8 Å². The van der Waals surface area contributed by atoms with Crippen molar-refractivity contribution in [2.75, 3.05) is 7.05 Å². The Balaban J connectivity index is 1.34. The van der Waals surface area contributed by atoms with E-state index in [9.17, 15) is 9.59 Å². The van der Waals surface area contributed by atoms with Gasteiger partial charge in [-0.05, 0) is 49.6 Å². The molecule has 32 heavy (non-hydrogen) atoms. The Morgan fingerprint density at radius 3 is 2.50 bits per heavy atom. The highest BCUT2D eigenvalue weighted by Gasteiger charge is 2.32. The van der Waals surface area contributed by atoms with Gasteiger partial charge in [0.1, 0.15) is 17.4 Å². The third-order valence-corrected chi connectivity index (χ3v) is 6.29. The van der Waals surface area contributed by atoms with Crippen molar-refractivity contribution < 1.29 is 14.3 Å². The fourth-order valence-corrected chi connectivity index (χ4v) is 4.15. The van der Waals surface area contributed by atoms with Crippen LogP contribution < -0.4 is 10.1 Å². The van der Waals surface area contributed by atoms with Crippen LogP contribution >= 0.6 is 11.3 Å². The van der Waals surface area contributed by atoms with Crippen LogP contribution in [0.1, 0.15) is 45.0 Å². The van der Waals surface area contributed by atoms with Crippen molar-refractivity contribution in [2.24, 2.45) is 0 Å². The Labute approximate surface area is 192 Å². The molecule has 1 fully saturated rings. The van der Waals surface area contributed by atoms with Gasteiger partial charge in [-0.15, -0.1) is 11.3 Å². The van der Waals surface area contributed by atoms with Crippen molar-refractivity contribution in [1.29, 1.82) is 0 Å². The number of amides is 2. The molecule has 0 bridgehead atoms. The Kier molecular flexibility index (Phi) is 6.85. The molecule has 4 rings (SSSR count). The lowest BCUT2D eigenvalue weighted by Crippen LogP contribution is -2.34. The zero-order valence-corrected chi connectivity index (χ0v) is 19.2. The molecule has 1 N–H and O–H groups in total. The zero-order valence-electron chi connectivity index (χ0n) is 18.3. The van der Waals surface area contributed by atoms with E-state index in [1.165, 1.54) is 16.9 Å². The van der Waals surface area contributed by atoms with Crippen LogP contribution in [0.5, 0.6) is 5.75 Å². The topological polar surface area (TPSA) is 71.5 Å². The highest BCUT2D eigenvalue weighted by atomic mass is 32.1. The minimum absolute atomic E-state index is 0.0826. The first-order chi connectivity index (χ1) is 15.5. The van der Waals surface area contributed by atoms with Gasteiger partial charge in [0.25, 0.3) is 5.91 Å². The molecule has 2 aromatic carbocycles. The van der Waals surface area contributed by atoms with E-state index in [1.807, 2.05) is 53.6 Å². The molecule has 1 aliphatic carbocycles. The van der Waals surface area contributed by atoms with Crippen molar-refractivity contribution in [3.05, 3.63) is 81.3 Å². The fourth-order valence-electron chi connectivity index (χ4n) is 3.44. The Bertz CT molecular complexity index is 1070. The second kappa shape index (κ2) is 9.96. The van der Waals surface area contributed by atoms with Crippen LogP contribution in [0.3, 0.4) is 0 Å². The molecule has 3 aromatic rings. The van der Waals surface area contributed by atoms with Crippen molar-refractivity contribution in [1.82, 2.24) is 15.2 Å². The average molecular weight is 450 g/mol. The number of nitrogens with one attached hydrogen (secondary N) is 1. The zero-order chi connectivity index (χ0) is 22.5. The molecule has 1 aliphatic rings. The first-order valence-electron chi connectivity index (χ1n) is 10.7. The molecule has 6 nitrogen and oxygen atoms in total. The number of aromatic nitrogens is 1. The number of hydrogen-bond acceptors (Lipinski definition) is 5. The van der Waals surface area contributed by atoms with Gasteiger partial charge in [-0.1, -0.05) is 29.8 Å². The van der Waals surface area contributed by atoms with Gasteiger partial charge >= 0.3 is 0 Å². The lowest BCUT2D eigenvalue weighted by Gasteiger charge is -2.22. The lowest BCUT2D eigenvalue weighted by molar-refractivity contribution is -0.131. The molecule has 0 radical (unpaired) electrons. The summed E-state index contributed by atoms with van der Waals surface area (Å²) < 4.78 is 5.80. The molecular weight excluding hydrogens is 422 g/mol. The molecule has 1 saturated carbocycles. The predicted molar refractivity (Wildman–Crippen MR) is 125 cm³/mol. The first kappa shape index (κ1) is 22.0. The van der Waals surface area contributed by atoms with E-state index in [0.717, 1.165) is 34.9 Å². The standard InChI is InChI=1S/C25H27N3O3S/c1-17-3-11-22(12-4-17)31-15-23-27-20(16-32-23)13-24(29)28(21-9-10-21)14-18-5-7-19(8-6-18)25(30)26-2/h3-8,11-12,16,21H,9-10,13-15H2,1-2H3,(H,26,30). The van der Waals surface area contributed by atoms with Gasteiger partial charge in [-0.3, -0.25) is 9.59 Å². The number of thiazole rings is 1. The minimum atomic E-state index is -0.114. The van der Waals surface area contributed by atoms with Crippen LogP contribution in [0, 0.1) is 6.92 Å². The Morgan fingerprint density at radius 1 is 1.12 bits per heavy atom. The second-order valence-corrected chi connectivity index (χ2v) is 8.98. The van der Waals surface area contributed by atoms with E-state index in [1.54, 1.807) is 19.2 Å². The summed E-state index contributed by atoms with van der Waals surface area (Å²) in [6.07, 6.45) is 2.36. The molecule has 0 unspecified atom stereocenters. The predicted octanol–water partition coefficient (Wildman–Crippen LogP) is 4.12. The number of aryl methyl sites for hydroxylation is 1. The molecule has 0 atom stereocenters. The van der Waals surface area contributed by atoms with Crippen LogP contribution in [-0.2, 0) is 24.4 Å². The van der Waals surface area contributed by atoms with E-state index in [4.69, 9.17) is 4.74 Å². The SMILES string of the molecule is CNC(=O)c1ccc(CN(C(=O)Cc2csc(COc3ccc(C)cc3)n2)C2CC2)cc1. The Hall–Kier alpha value is -3.19. The summed E-state index contributed by atoms with van der Waals surface area (Å²) in [7, 11) is 1.61. The summed E-state index contributed by atoms with van der Waals surface area (Å²) in [5.74, 6) is 0.780. The van der Waals surface area contributed by atoms with E-state index < -0.39 is 0 Å². The van der Waals surface area contributed by atoms with E-state index >= 15 is 0 Å². The van der Waals surface area contributed by atoms with Gasteiger partial charge < -0.3 is 15.0 Å². The number of rotatable bonds is 9. The van der Waals surface area contributed by atoms with Gasteiger partial charge in [0.05, 0.1) is 12.1 Å². The Morgan fingerprint density at radius 2 is 1.84 bits per heavy atom. The number of carbonyl (C=O) groups excluding carboxylic acids is 2. The van der Waals surface area contributed by atoms with Crippen molar-refractivity contribution in [3.8, 4) is 5.75 Å². The van der Waals surface area contributed by atoms with Crippen LogP contribution in [0.25, 0.3) is 0 Å². The summed E-state index contributed by atoms with van der Waals surface area (Å²) in [5, 5.41) is 5.42. The summed E-state index contributed by atoms with van der Waals surface area (Å²) in [6.45, 7) is 2.98. The molecule has 1 aromatic heterocycles. The van der Waals surface area contributed by atoms with Gasteiger partial charge in [-0.2, -0.15) is 0 Å². The monoisotopic (exact) mass is 449 g/mol. The smallest absolute Gasteiger partial charge is 0.251 e. The summed E-state index contributed by atoms with van der Waals surface area (Å²) >= 11 is 1.52. The first-order valence-corrected chi connectivity index (χ1v) is 11.6. The maximum Gasteiger partial charge on any atom is 0.251 e. The van der Waals surface area contributed by atoms with Gasteiger partial charge in [-0.25, -0.2) is 4.98 Å². The normalized spacial score (nSPS) is 12.9. The highest BCUT2D eigenvalue weighted by Crippen LogP contribution is 2.29. The summed E-state index contributed by atoms with van der Waals surface area (Å²) in [4.78, 5) is 31.3. The quantitative estimate of drug-likeness (QED) is 0.533. The number of benzene rings is 2. The molecule has 0 aliphatic heterocycles. The maximum atomic E-state index is 13.0. The largest absolute Gasteiger partial charge is 0.486 e. The van der Waals surface area contributed by atoms with Gasteiger partial charge in [0, 0.05) is 30.6 Å². The van der Waals surface area contributed by atoms with E-state index in [0.29, 0.717) is 24.8 Å². The molecule has 0 spiro atoms. The van der Waals surface area contributed by atoms with Crippen molar-refractivity contribution in [3.63, 3.8) is 0 Å². The van der Waals surface area contributed by atoms with Crippen molar-refractivity contribution in [2.45, 2.75) is 45.4 Å². The van der Waals surface area contributed by atoms with Gasteiger partial charge in [0.15, 0.2) is 0 Å². The fraction of sp³-hybridized carbons (Fsp3) is 0.320. The maximum absolute atomic E-state index is 13.0. The molecule has 7 heteroatoms. The number of ether oxygens (including phenoxy) is 1. The van der Waals surface area contributed by atoms with Crippen LogP contribution in [0.2, 0.25) is 0 Å². The molecule has 1 heterocycles. The van der Waals surface area contributed by atoms with Crippen LogP contribution in [0.4, 0.5) is 0 Å². The minimum Gasteiger partial charge on any atom is -0.486 e. The molecule has 2 amide bonds. The van der Waals surface area contributed by atoms with Crippen LogP contribution in [0.15, 0.2) is 53.9 Å². The van der Waals surface area contributed by atoms with Crippen molar-refractivity contribution >= 4 is 23.2 Å². The number of carbonyl (C=O) groups is 2. The molecular formula is C25H27N3O3S. The van der Waals surface area contributed by atoms with E-state index in [-0.39, 0.29) is 18.2 Å². The molecule has 0 saturated heterocycles. The van der Waals surface area contributed by atoms with E-state index in [2.05, 4.69) is 10.3 Å². The second-order valence-electron chi connectivity index (χ2n) is 8.04.